The third-order valence-electron chi connectivity index (χ3n) is 3.55. The third-order valence-corrected chi connectivity index (χ3v) is 5.45. The highest BCUT2D eigenvalue weighted by Gasteiger charge is 2.35. The van der Waals surface area contributed by atoms with Crippen molar-refractivity contribution in [1.82, 2.24) is 9.62 Å². The Kier molecular flexibility index (Phi) is 2.50. The number of rotatable bonds is 3. The summed E-state index contributed by atoms with van der Waals surface area (Å²) in [4.78, 5) is 0.425. The molecule has 0 unspecified atom stereocenters. The maximum Gasteiger partial charge on any atom is 0.243 e. The van der Waals surface area contributed by atoms with Crippen molar-refractivity contribution in [2.75, 3.05) is 7.05 Å². The number of hydrogen-bond acceptors (Lipinski definition) is 3. The number of hydrogen-bond donors (Lipinski definition) is 1. The highest BCUT2D eigenvalue weighted by Crippen LogP contribution is 2.31. The van der Waals surface area contributed by atoms with Crippen molar-refractivity contribution in [2.45, 2.75) is 36.9 Å². The second kappa shape index (κ2) is 3.80. The van der Waals surface area contributed by atoms with Crippen molar-refractivity contribution in [1.29, 1.82) is 0 Å². The van der Waals surface area contributed by atoms with Crippen molar-refractivity contribution in [3.05, 3.63) is 29.3 Å². The zero-order valence-corrected chi connectivity index (χ0v) is 10.6. The zero-order chi connectivity index (χ0) is 12.0. The lowest BCUT2D eigenvalue weighted by molar-refractivity contribution is 0.464. The SMILES string of the molecule is CN(C1CC1)S(=O)(=O)c1ccc2c(c1)CNC2. The highest BCUT2D eigenvalue weighted by atomic mass is 32.2. The van der Waals surface area contributed by atoms with Gasteiger partial charge in [-0.15, -0.1) is 0 Å². The first-order chi connectivity index (χ1) is 8.09. The number of fused-ring (bicyclic) bond motifs is 1. The fourth-order valence-corrected chi connectivity index (χ4v) is 3.70. The van der Waals surface area contributed by atoms with Gasteiger partial charge in [-0.1, -0.05) is 6.07 Å². The molecule has 1 N–H and O–H groups in total. The Morgan fingerprint density at radius 1 is 1.24 bits per heavy atom. The standard InChI is InChI=1S/C12H16N2O2S/c1-14(11-3-4-11)17(15,16)12-5-2-9-7-13-8-10(9)6-12/h2,5-6,11,13H,3-4,7-8H2,1H3. The molecule has 0 atom stereocenters. The second-order valence-electron chi connectivity index (χ2n) is 4.79. The second-order valence-corrected chi connectivity index (χ2v) is 6.78. The number of sulfonamides is 1. The number of nitrogens with one attached hydrogen (secondary N) is 1. The Morgan fingerprint density at radius 3 is 2.65 bits per heavy atom. The number of nitrogens with zero attached hydrogens (tertiary/aromatic N) is 1. The first-order valence-electron chi connectivity index (χ1n) is 5.89. The van der Waals surface area contributed by atoms with Crippen LogP contribution in [0.25, 0.3) is 0 Å². The fraction of sp³-hybridized carbons (Fsp3) is 0.500. The van der Waals surface area contributed by atoms with Crippen molar-refractivity contribution in [3.63, 3.8) is 0 Å². The van der Waals surface area contributed by atoms with E-state index in [2.05, 4.69) is 5.32 Å². The van der Waals surface area contributed by atoms with E-state index >= 15 is 0 Å². The summed E-state index contributed by atoms with van der Waals surface area (Å²) in [5.41, 5.74) is 2.31. The van der Waals surface area contributed by atoms with Gasteiger partial charge in [0.05, 0.1) is 4.90 Å². The minimum absolute atomic E-state index is 0.214. The Bertz CT molecular complexity index is 550. The molecule has 1 aromatic rings. The van der Waals surface area contributed by atoms with Gasteiger partial charge in [0, 0.05) is 26.2 Å². The van der Waals surface area contributed by atoms with E-state index in [0.717, 1.165) is 31.5 Å². The van der Waals surface area contributed by atoms with Gasteiger partial charge in [-0.3, -0.25) is 0 Å². The molecule has 0 aromatic heterocycles. The van der Waals surface area contributed by atoms with Gasteiger partial charge in [-0.25, -0.2) is 8.42 Å². The van der Waals surface area contributed by atoms with Crippen LogP contribution in [0, 0.1) is 0 Å². The highest BCUT2D eigenvalue weighted by molar-refractivity contribution is 7.89. The maximum atomic E-state index is 12.3. The summed E-state index contributed by atoms with van der Waals surface area (Å²) in [5, 5.41) is 3.22. The summed E-state index contributed by atoms with van der Waals surface area (Å²) in [6.45, 7) is 1.61. The molecule has 0 saturated heterocycles. The van der Waals surface area contributed by atoms with Crippen LogP contribution < -0.4 is 5.32 Å². The van der Waals surface area contributed by atoms with Crippen molar-refractivity contribution in [2.24, 2.45) is 0 Å². The van der Waals surface area contributed by atoms with Gasteiger partial charge in [-0.2, -0.15) is 4.31 Å². The van der Waals surface area contributed by atoms with Gasteiger partial charge < -0.3 is 5.32 Å². The van der Waals surface area contributed by atoms with Crippen LogP contribution in [-0.2, 0) is 23.1 Å². The van der Waals surface area contributed by atoms with Crippen LogP contribution in [0.15, 0.2) is 23.1 Å². The van der Waals surface area contributed by atoms with Crippen LogP contribution in [0.3, 0.4) is 0 Å². The van der Waals surface area contributed by atoms with E-state index < -0.39 is 10.0 Å². The van der Waals surface area contributed by atoms with Crippen LogP contribution in [0.1, 0.15) is 24.0 Å². The Morgan fingerprint density at radius 2 is 1.94 bits per heavy atom. The van der Waals surface area contributed by atoms with Crippen molar-refractivity contribution in [3.8, 4) is 0 Å². The van der Waals surface area contributed by atoms with Crippen LogP contribution >= 0.6 is 0 Å². The zero-order valence-electron chi connectivity index (χ0n) is 9.81. The van der Waals surface area contributed by atoms with Crippen LogP contribution in [0.2, 0.25) is 0 Å². The summed E-state index contributed by atoms with van der Waals surface area (Å²) in [6.07, 6.45) is 1.98. The summed E-state index contributed by atoms with van der Waals surface area (Å²) >= 11 is 0. The molecule has 3 rings (SSSR count). The molecule has 1 aromatic carbocycles. The van der Waals surface area contributed by atoms with E-state index in [-0.39, 0.29) is 6.04 Å². The largest absolute Gasteiger partial charge is 0.309 e. The first kappa shape index (κ1) is 11.2. The average molecular weight is 252 g/mol. The van der Waals surface area contributed by atoms with Crippen molar-refractivity contribution < 1.29 is 8.42 Å². The summed E-state index contributed by atoms with van der Waals surface area (Å²) in [6, 6.07) is 5.67. The predicted molar refractivity (Wildman–Crippen MR) is 65.0 cm³/mol. The lowest BCUT2D eigenvalue weighted by Gasteiger charge is -2.16. The van der Waals surface area contributed by atoms with Gasteiger partial charge in [0.1, 0.15) is 0 Å². The Balaban J connectivity index is 1.98. The molecule has 0 amide bonds. The minimum Gasteiger partial charge on any atom is -0.309 e. The number of benzene rings is 1. The molecule has 0 bridgehead atoms. The lowest BCUT2D eigenvalue weighted by Crippen LogP contribution is -2.29. The molecule has 1 aliphatic heterocycles. The van der Waals surface area contributed by atoms with Gasteiger partial charge in [0.15, 0.2) is 0 Å². The Labute approximate surface area is 102 Å². The van der Waals surface area contributed by atoms with E-state index in [1.54, 1.807) is 13.1 Å². The first-order valence-corrected chi connectivity index (χ1v) is 7.33. The van der Waals surface area contributed by atoms with E-state index in [1.807, 2.05) is 12.1 Å². The maximum absolute atomic E-state index is 12.3. The van der Waals surface area contributed by atoms with Crippen LogP contribution in [-0.4, -0.2) is 25.8 Å². The average Bonchev–Trinajstić information content (AvgIpc) is 3.05. The summed E-state index contributed by atoms with van der Waals surface area (Å²) in [5.74, 6) is 0. The van der Waals surface area contributed by atoms with E-state index in [9.17, 15) is 8.42 Å². The Hall–Kier alpha value is -0.910. The minimum atomic E-state index is -3.29. The summed E-state index contributed by atoms with van der Waals surface area (Å²) in [7, 11) is -1.61. The molecular formula is C12H16N2O2S. The normalized spacial score (nSPS) is 19.6. The molecule has 0 spiro atoms. The molecular weight excluding hydrogens is 236 g/mol. The molecule has 17 heavy (non-hydrogen) atoms. The smallest absolute Gasteiger partial charge is 0.243 e. The van der Waals surface area contributed by atoms with E-state index in [1.165, 1.54) is 9.87 Å². The third kappa shape index (κ3) is 1.88. The molecule has 1 saturated carbocycles. The van der Waals surface area contributed by atoms with Crippen molar-refractivity contribution >= 4 is 10.0 Å². The predicted octanol–water partition coefficient (Wildman–Crippen LogP) is 1.07. The van der Waals surface area contributed by atoms with Crippen LogP contribution in [0.4, 0.5) is 0 Å². The van der Waals surface area contributed by atoms with Gasteiger partial charge in [-0.05, 0) is 36.1 Å². The molecule has 2 aliphatic rings. The quantitative estimate of drug-likeness (QED) is 0.875. The summed E-state index contributed by atoms with van der Waals surface area (Å²) < 4.78 is 26.1. The molecule has 1 heterocycles. The molecule has 1 fully saturated rings. The van der Waals surface area contributed by atoms with Gasteiger partial charge in [0.25, 0.3) is 0 Å². The topological polar surface area (TPSA) is 49.4 Å². The van der Waals surface area contributed by atoms with E-state index in [4.69, 9.17) is 0 Å². The van der Waals surface area contributed by atoms with Gasteiger partial charge in [0.2, 0.25) is 10.0 Å². The molecule has 4 nitrogen and oxygen atoms in total. The van der Waals surface area contributed by atoms with Crippen LogP contribution in [0.5, 0.6) is 0 Å². The molecule has 5 heteroatoms. The molecule has 92 valence electrons. The monoisotopic (exact) mass is 252 g/mol. The molecule has 1 aliphatic carbocycles. The fourth-order valence-electron chi connectivity index (χ4n) is 2.23. The molecule has 0 radical (unpaired) electrons. The van der Waals surface area contributed by atoms with E-state index in [0.29, 0.717) is 4.90 Å². The lowest BCUT2D eigenvalue weighted by atomic mass is 10.1. The van der Waals surface area contributed by atoms with Gasteiger partial charge >= 0.3 is 0 Å².